The van der Waals surface area contributed by atoms with Crippen LogP contribution in [0.5, 0.6) is 0 Å². The summed E-state index contributed by atoms with van der Waals surface area (Å²) in [5.74, 6) is 0. The summed E-state index contributed by atoms with van der Waals surface area (Å²) >= 11 is 0. The molecule has 388 valence electrons. The molecule has 10 nitrogen and oxygen atoms in total. The second-order valence-corrected chi connectivity index (χ2v) is 21.6. The smallest absolute Gasteiger partial charge is 0.744 e. The van der Waals surface area contributed by atoms with E-state index in [1.807, 2.05) is 72.8 Å². The average molecular weight is 1210 g/mol. The fourth-order valence-electron chi connectivity index (χ4n) is 11.3. The molecule has 2 fully saturated rings. The van der Waals surface area contributed by atoms with Gasteiger partial charge in [-0.2, -0.15) is 0 Å². The van der Waals surface area contributed by atoms with Gasteiger partial charge < -0.3 is 28.7 Å². The van der Waals surface area contributed by atoms with Crippen molar-refractivity contribution in [3.63, 3.8) is 0 Å². The zero-order valence-electron chi connectivity index (χ0n) is 41.9. The first kappa shape index (κ1) is 56.0. The zero-order chi connectivity index (χ0) is 50.9. The Labute approximate surface area is 468 Å². The monoisotopic (exact) mass is 1210 g/mol. The van der Waals surface area contributed by atoms with Gasteiger partial charge in [-0.15, -0.1) is 0 Å². The molecule has 10 rings (SSSR count). The first-order valence-electron chi connectivity index (χ1n) is 24.0. The van der Waals surface area contributed by atoms with Gasteiger partial charge in [0.15, 0.2) is 0 Å². The van der Waals surface area contributed by atoms with Crippen molar-refractivity contribution in [2.75, 3.05) is 32.9 Å². The standard InChI is InChI=1S/2C30H30N2O3S.2Ag/c2*1-21-18-22(2)28(23(3)19-21)32-20-31(26-16-10-11-17-27(26)36(33,34)35)29(24-12-6-4-7-13-24)30(32)25-14-8-5-9-15-25;;/h2*4-19,29-30H,20H2,1-3H3,(H,33,34,35);;/q;;2*+1/p-2/t2*29-,30-;;/m00../s1. The predicted molar refractivity (Wildman–Crippen MR) is 286 cm³/mol. The van der Waals surface area contributed by atoms with Crippen LogP contribution >= 0.6 is 0 Å². The maximum absolute atomic E-state index is 12.3. The second kappa shape index (κ2) is 23.4. The largest absolute Gasteiger partial charge is 1.00 e. The summed E-state index contributed by atoms with van der Waals surface area (Å²) < 4.78 is 73.8. The van der Waals surface area contributed by atoms with E-state index in [9.17, 15) is 25.9 Å². The summed E-state index contributed by atoms with van der Waals surface area (Å²) in [6, 6.07) is 61.9. The molecule has 2 aliphatic rings. The molecule has 0 aromatic heterocycles. The van der Waals surface area contributed by atoms with Gasteiger partial charge in [0.2, 0.25) is 0 Å². The molecule has 0 amide bonds. The molecule has 2 heterocycles. The average Bonchev–Trinajstić information content (AvgIpc) is 3.94. The van der Waals surface area contributed by atoms with Crippen molar-refractivity contribution in [1.29, 1.82) is 0 Å². The Morgan fingerprint density at radius 3 is 0.838 bits per heavy atom. The molecular weight excluding hydrogens is 1150 g/mol. The van der Waals surface area contributed by atoms with E-state index < -0.39 is 20.2 Å². The number of benzene rings is 8. The minimum Gasteiger partial charge on any atom is -0.744 e. The second-order valence-electron chi connectivity index (χ2n) is 18.9. The van der Waals surface area contributed by atoms with E-state index in [0.717, 1.165) is 55.9 Å². The first-order valence-corrected chi connectivity index (χ1v) is 26.8. The molecule has 8 aromatic carbocycles. The van der Waals surface area contributed by atoms with Crippen LogP contribution < -0.4 is 19.6 Å². The normalized spacial score (nSPS) is 17.5. The van der Waals surface area contributed by atoms with Crippen LogP contribution in [-0.4, -0.2) is 39.3 Å². The molecule has 14 heteroatoms. The van der Waals surface area contributed by atoms with Gasteiger partial charge in [0, 0.05) is 11.4 Å². The van der Waals surface area contributed by atoms with Crippen molar-refractivity contribution in [3.05, 3.63) is 250 Å². The summed E-state index contributed by atoms with van der Waals surface area (Å²) in [7, 11) is -9.35. The first-order chi connectivity index (χ1) is 34.5. The number of aryl methyl sites for hydroxylation is 6. The molecule has 0 bridgehead atoms. The third-order valence-electron chi connectivity index (χ3n) is 13.8. The molecule has 2 saturated heterocycles. The van der Waals surface area contributed by atoms with Crippen molar-refractivity contribution in [2.45, 2.75) is 75.5 Å². The van der Waals surface area contributed by atoms with Gasteiger partial charge in [-0.05, 0) is 110 Å². The van der Waals surface area contributed by atoms with E-state index in [2.05, 4.69) is 134 Å². The van der Waals surface area contributed by atoms with Crippen LogP contribution in [0, 0.1) is 41.5 Å². The molecule has 0 unspecified atom stereocenters. The maximum Gasteiger partial charge on any atom is 1.00 e. The minimum absolute atomic E-state index is 0. The predicted octanol–water partition coefficient (Wildman–Crippen LogP) is 12.6. The number of anilines is 4. The molecular formula is C60H58Ag2N4O6S2. The van der Waals surface area contributed by atoms with E-state index in [1.54, 1.807) is 36.4 Å². The number of hydrogen-bond donors (Lipinski definition) is 0. The van der Waals surface area contributed by atoms with Crippen LogP contribution in [0.25, 0.3) is 0 Å². The Morgan fingerprint density at radius 1 is 0.351 bits per heavy atom. The summed E-state index contributed by atoms with van der Waals surface area (Å²) in [6.07, 6.45) is 0. The van der Waals surface area contributed by atoms with Crippen LogP contribution in [0.4, 0.5) is 22.7 Å². The maximum atomic E-state index is 12.3. The number of hydrogen-bond acceptors (Lipinski definition) is 10. The van der Waals surface area contributed by atoms with Gasteiger partial charge in [-0.1, -0.05) is 181 Å². The SMILES string of the molecule is Cc1cc(C)c(N2CN(c3ccccc3S(=O)(=O)[O-])[C@@H](c3ccccc3)[C@@H]2c2ccccc2)c(C)c1.Cc1cc(C)c(N2CN(c3ccccc3S(=O)(=O)[O-])[C@@H](c3ccccc3)[C@@H]2c2ccccc2)c(C)c1.[Ag+].[Ag+]. The van der Waals surface area contributed by atoms with Gasteiger partial charge in [0.1, 0.15) is 20.2 Å². The zero-order valence-corrected chi connectivity index (χ0v) is 46.5. The van der Waals surface area contributed by atoms with Crippen molar-refractivity contribution in [1.82, 2.24) is 0 Å². The quantitative estimate of drug-likeness (QED) is 0.0964. The van der Waals surface area contributed by atoms with Gasteiger partial charge >= 0.3 is 44.8 Å². The summed E-state index contributed by atoms with van der Waals surface area (Å²) in [5.41, 5.74) is 14.5. The van der Waals surface area contributed by atoms with E-state index in [-0.39, 0.29) is 78.7 Å². The number of nitrogens with zero attached hydrogens (tertiary/aromatic N) is 4. The summed E-state index contributed by atoms with van der Waals surface area (Å²) in [5, 5.41) is 0. The van der Waals surface area contributed by atoms with E-state index >= 15 is 0 Å². The minimum atomic E-state index is -4.67. The third-order valence-corrected chi connectivity index (χ3v) is 15.6. The van der Waals surface area contributed by atoms with Crippen molar-refractivity contribution < 1.29 is 70.7 Å². The molecule has 0 saturated carbocycles. The van der Waals surface area contributed by atoms with Crippen LogP contribution in [0.3, 0.4) is 0 Å². The number of rotatable bonds is 10. The Hall–Kier alpha value is -5.74. The van der Waals surface area contributed by atoms with Crippen molar-refractivity contribution in [3.8, 4) is 0 Å². The van der Waals surface area contributed by atoms with Gasteiger partial charge in [-0.3, -0.25) is 0 Å². The molecule has 0 aliphatic carbocycles. The van der Waals surface area contributed by atoms with Crippen molar-refractivity contribution in [2.24, 2.45) is 0 Å². The molecule has 8 aromatic rings. The van der Waals surface area contributed by atoms with Crippen LogP contribution in [0.1, 0.15) is 79.8 Å². The fourth-order valence-corrected chi connectivity index (χ4v) is 12.7. The van der Waals surface area contributed by atoms with E-state index in [0.29, 0.717) is 24.7 Å². The van der Waals surface area contributed by atoms with E-state index in [1.165, 1.54) is 23.3 Å². The van der Waals surface area contributed by atoms with E-state index in [4.69, 9.17) is 0 Å². The third kappa shape index (κ3) is 11.6. The van der Waals surface area contributed by atoms with Gasteiger partial charge in [0.05, 0.1) is 58.7 Å². The van der Waals surface area contributed by atoms with Crippen molar-refractivity contribution >= 4 is 43.0 Å². The molecule has 0 radical (unpaired) electrons. The Kier molecular flexibility index (Phi) is 17.7. The molecule has 0 N–H and O–H groups in total. The van der Waals surface area contributed by atoms with Gasteiger partial charge in [0.25, 0.3) is 0 Å². The molecule has 0 spiro atoms. The van der Waals surface area contributed by atoms with Gasteiger partial charge in [-0.25, -0.2) is 16.8 Å². The number of para-hydroxylation sites is 2. The fraction of sp³-hybridized carbons (Fsp3) is 0.200. The van der Waals surface area contributed by atoms with Crippen LogP contribution in [0.2, 0.25) is 0 Å². The Balaban J connectivity index is 0.000000211. The molecule has 4 atom stereocenters. The topological polar surface area (TPSA) is 127 Å². The molecule has 2 aliphatic heterocycles. The summed E-state index contributed by atoms with van der Waals surface area (Å²) in [4.78, 5) is 8.44. The summed E-state index contributed by atoms with van der Waals surface area (Å²) in [6.45, 7) is 13.5. The van der Waals surface area contributed by atoms with Crippen LogP contribution in [0.15, 0.2) is 204 Å². The Morgan fingerprint density at radius 2 is 0.581 bits per heavy atom. The Bertz CT molecular complexity index is 3170. The van der Waals surface area contributed by atoms with Crippen LogP contribution in [-0.2, 0) is 65.0 Å². The molecule has 74 heavy (non-hydrogen) atoms.